The van der Waals surface area contributed by atoms with Gasteiger partial charge in [0.1, 0.15) is 0 Å². The normalized spacial score (nSPS) is 10.6. The average Bonchev–Trinajstić information content (AvgIpc) is 2.24. The summed E-state index contributed by atoms with van der Waals surface area (Å²) in [5, 5.41) is 0.380. The summed E-state index contributed by atoms with van der Waals surface area (Å²) in [7, 11) is 1.33. The Morgan fingerprint density at radius 3 is 2.73 bits per heavy atom. The zero-order chi connectivity index (χ0) is 11.0. The number of pyridine rings is 1. The molecular formula is C10H7F2NO2. The fourth-order valence-corrected chi connectivity index (χ4v) is 1.35. The molecule has 78 valence electrons. The lowest BCUT2D eigenvalue weighted by Gasteiger charge is -2.03. The van der Waals surface area contributed by atoms with Crippen molar-refractivity contribution in [3.05, 3.63) is 40.2 Å². The van der Waals surface area contributed by atoms with Crippen LogP contribution in [0.4, 0.5) is 8.78 Å². The second-order valence-electron chi connectivity index (χ2n) is 2.99. The number of H-pyrrole nitrogens is 1. The number of methoxy groups -OCH3 is 1. The minimum Gasteiger partial charge on any atom is -0.491 e. The summed E-state index contributed by atoms with van der Waals surface area (Å²) in [5.41, 5.74) is -0.740. The number of halogens is 2. The van der Waals surface area contributed by atoms with E-state index in [2.05, 4.69) is 4.98 Å². The number of benzene rings is 1. The van der Waals surface area contributed by atoms with E-state index >= 15 is 0 Å². The monoisotopic (exact) mass is 211 g/mol. The Bertz CT molecular complexity index is 577. The van der Waals surface area contributed by atoms with Crippen LogP contribution in [0.25, 0.3) is 10.9 Å². The van der Waals surface area contributed by atoms with Crippen molar-refractivity contribution < 1.29 is 13.5 Å². The average molecular weight is 211 g/mol. The van der Waals surface area contributed by atoms with Crippen LogP contribution in [-0.4, -0.2) is 12.1 Å². The van der Waals surface area contributed by atoms with Crippen molar-refractivity contribution >= 4 is 10.9 Å². The zero-order valence-electron chi connectivity index (χ0n) is 7.80. The molecule has 0 amide bonds. The van der Waals surface area contributed by atoms with Crippen molar-refractivity contribution in [1.29, 1.82) is 0 Å². The molecule has 3 nitrogen and oxygen atoms in total. The highest BCUT2D eigenvalue weighted by molar-refractivity contribution is 5.80. The first-order chi connectivity index (χ1) is 7.13. The first-order valence-corrected chi connectivity index (χ1v) is 4.18. The number of fused-ring (bicyclic) bond motifs is 1. The Labute approximate surface area is 83.3 Å². The van der Waals surface area contributed by atoms with Crippen LogP contribution in [-0.2, 0) is 0 Å². The van der Waals surface area contributed by atoms with E-state index in [0.29, 0.717) is 5.39 Å². The van der Waals surface area contributed by atoms with Crippen LogP contribution < -0.4 is 10.3 Å². The Morgan fingerprint density at radius 2 is 2.07 bits per heavy atom. The van der Waals surface area contributed by atoms with E-state index in [1.807, 2.05) is 0 Å². The third-order valence-electron chi connectivity index (χ3n) is 2.10. The summed E-state index contributed by atoms with van der Waals surface area (Å²) in [6.07, 6.45) is 0. The van der Waals surface area contributed by atoms with E-state index in [-0.39, 0.29) is 11.3 Å². The minimum atomic E-state index is -1.06. The number of hydrogen-bond donors (Lipinski definition) is 1. The highest BCUT2D eigenvalue weighted by atomic mass is 19.2. The lowest BCUT2D eigenvalue weighted by molar-refractivity contribution is 0.409. The lowest BCUT2D eigenvalue weighted by atomic mass is 10.2. The van der Waals surface area contributed by atoms with E-state index in [1.54, 1.807) is 0 Å². The molecule has 0 spiro atoms. The maximum absolute atomic E-state index is 13.2. The van der Waals surface area contributed by atoms with E-state index in [9.17, 15) is 13.6 Å². The number of hydrogen-bond acceptors (Lipinski definition) is 2. The van der Waals surface area contributed by atoms with Gasteiger partial charge in [-0.25, -0.2) is 8.78 Å². The molecule has 1 heterocycles. The van der Waals surface area contributed by atoms with Gasteiger partial charge in [-0.05, 0) is 18.2 Å². The van der Waals surface area contributed by atoms with Gasteiger partial charge in [0.2, 0.25) is 0 Å². The van der Waals surface area contributed by atoms with Crippen molar-refractivity contribution in [2.75, 3.05) is 7.11 Å². The predicted octanol–water partition coefficient (Wildman–Crippen LogP) is 1.81. The summed E-state index contributed by atoms with van der Waals surface area (Å²) >= 11 is 0. The summed E-state index contributed by atoms with van der Waals surface area (Å²) < 4.78 is 30.8. The van der Waals surface area contributed by atoms with Gasteiger partial charge in [0.25, 0.3) is 5.56 Å². The molecule has 0 saturated carbocycles. The van der Waals surface area contributed by atoms with Gasteiger partial charge < -0.3 is 9.72 Å². The Hall–Kier alpha value is -1.91. The van der Waals surface area contributed by atoms with Gasteiger partial charge in [0.05, 0.1) is 12.6 Å². The van der Waals surface area contributed by atoms with Gasteiger partial charge >= 0.3 is 0 Å². The number of ether oxygens (including phenoxy) is 1. The topological polar surface area (TPSA) is 42.1 Å². The standard InChI is InChI=1S/C10H7F2NO2/c1-15-7-4-5-2-3-6(11)8(12)9(5)13-10(7)14/h2-4H,1H3,(H,13,14). The van der Waals surface area contributed by atoms with Crippen LogP contribution in [0.2, 0.25) is 0 Å². The van der Waals surface area contributed by atoms with Crippen molar-refractivity contribution in [3.8, 4) is 5.75 Å². The fourth-order valence-electron chi connectivity index (χ4n) is 1.35. The Kier molecular flexibility index (Phi) is 2.15. The predicted molar refractivity (Wildman–Crippen MR) is 51.0 cm³/mol. The molecule has 0 unspecified atom stereocenters. The van der Waals surface area contributed by atoms with Crippen LogP contribution in [0, 0.1) is 11.6 Å². The fraction of sp³-hybridized carbons (Fsp3) is 0.100. The third-order valence-corrected chi connectivity index (χ3v) is 2.10. The van der Waals surface area contributed by atoms with Gasteiger partial charge in [0.15, 0.2) is 17.4 Å². The molecular weight excluding hydrogens is 204 g/mol. The summed E-state index contributed by atoms with van der Waals surface area (Å²) in [4.78, 5) is 13.5. The van der Waals surface area contributed by atoms with E-state index < -0.39 is 17.2 Å². The Balaban J connectivity index is 2.87. The molecule has 0 aliphatic carbocycles. The minimum absolute atomic E-state index is 0.0634. The maximum Gasteiger partial charge on any atom is 0.290 e. The van der Waals surface area contributed by atoms with Crippen molar-refractivity contribution in [2.45, 2.75) is 0 Å². The molecule has 1 aromatic heterocycles. The highest BCUT2D eigenvalue weighted by Gasteiger charge is 2.10. The van der Waals surface area contributed by atoms with Gasteiger partial charge in [0, 0.05) is 5.39 Å². The molecule has 0 aliphatic heterocycles. The number of aromatic amines is 1. The van der Waals surface area contributed by atoms with Crippen LogP contribution in [0.15, 0.2) is 23.0 Å². The van der Waals surface area contributed by atoms with Gasteiger partial charge in [-0.1, -0.05) is 0 Å². The molecule has 0 aliphatic rings. The van der Waals surface area contributed by atoms with Crippen LogP contribution >= 0.6 is 0 Å². The molecule has 1 N–H and O–H groups in total. The Morgan fingerprint density at radius 1 is 1.33 bits per heavy atom. The molecule has 5 heteroatoms. The summed E-state index contributed by atoms with van der Waals surface area (Å²) in [6.45, 7) is 0. The largest absolute Gasteiger partial charge is 0.491 e. The van der Waals surface area contributed by atoms with Crippen molar-refractivity contribution in [3.63, 3.8) is 0 Å². The molecule has 0 saturated heterocycles. The number of aromatic nitrogens is 1. The van der Waals surface area contributed by atoms with E-state index in [1.165, 1.54) is 19.2 Å². The molecule has 15 heavy (non-hydrogen) atoms. The van der Waals surface area contributed by atoms with Crippen LogP contribution in [0.5, 0.6) is 5.75 Å². The second kappa shape index (κ2) is 3.34. The van der Waals surface area contributed by atoms with E-state index in [0.717, 1.165) is 6.07 Å². The third kappa shape index (κ3) is 1.45. The highest BCUT2D eigenvalue weighted by Crippen LogP contribution is 2.19. The molecule has 0 radical (unpaired) electrons. The maximum atomic E-state index is 13.2. The summed E-state index contributed by atoms with van der Waals surface area (Å²) in [5.74, 6) is -2.00. The zero-order valence-corrected chi connectivity index (χ0v) is 7.80. The number of rotatable bonds is 1. The second-order valence-corrected chi connectivity index (χ2v) is 2.99. The first-order valence-electron chi connectivity index (χ1n) is 4.18. The quantitative estimate of drug-likeness (QED) is 0.781. The molecule has 2 aromatic rings. The van der Waals surface area contributed by atoms with Gasteiger partial charge in [-0.15, -0.1) is 0 Å². The van der Waals surface area contributed by atoms with Crippen LogP contribution in [0.3, 0.4) is 0 Å². The molecule has 0 atom stereocenters. The van der Waals surface area contributed by atoms with Gasteiger partial charge in [-0.3, -0.25) is 4.79 Å². The number of nitrogens with one attached hydrogen (secondary N) is 1. The van der Waals surface area contributed by atoms with Crippen molar-refractivity contribution in [2.24, 2.45) is 0 Å². The van der Waals surface area contributed by atoms with Crippen molar-refractivity contribution in [1.82, 2.24) is 4.98 Å². The smallest absolute Gasteiger partial charge is 0.290 e. The molecule has 0 fully saturated rings. The molecule has 0 bridgehead atoms. The van der Waals surface area contributed by atoms with E-state index in [4.69, 9.17) is 4.74 Å². The SMILES string of the molecule is COc1cc2ccc(F)c(F)c2[nH]c1=O. The molecule has 1 aromatic carbocycles. The summed E-state index contributed by atoms with van der Waals surface area (Å²) in [6, 6.07) is 3.72. The lowest BCUT2D eigenvalue weighted by Crippen LogP contribution is -2.09. The van der Waals surface area contributed by atoms with Crippen LogP contribution in [0.1, 0.15) is 0 Å². The van der Waals surface area contributed by atoms with Gasteiger partial charge in [-0.2, -0.15) is 0 Å². The first kappa shape index (κ1) is 9.64. The molecule has 2 rings (SSSR count).